The maximum absolute atomic E-state index is 6.59. The second-order valence-corrected chi connectivity index (χ2v) is 28.0. The number of fused-ring (bicyclic) bond motifs is 4. The molecule has 0 atom stereocenters. The summed E-state index contributed by atoms with van der Waals surface area (Å²) in [4.78, 5) is 14.5. The summed E-state index contributed by atoms with van der Waals surface area (Å²) in [7, 11) is 0. The van der Waals surface area contributed by atoms with E-state index in [2.05, 4.69) is 171 Å². The van der Waals surface area contributed by atoms with Crippen LogP contribution in [0.15, 0.2) is 126 Å². The standard InChI is InChI=1S/C38H34N3O.C15H18GeN.Ir/c1-22(2)30-20-27(26-13-8-7-9-14-26)21-31(23(3)4)36(30)41-33-18-11-10-17-32(33)40-38(41)29-16-12-15-28-35-25(6)39-24(5)19-34(35)42-37(28)29;1-12-5-7-13(8-6-12)15-10-9-14(11-17-15)16(2,3)4;/h7-15,17-23H,1-6H3;5-7,9-11H,1-4H3;/q2*-1;. The molecule has 0 amide bonds. The van der Waals surface area contributed by atoms with E-state index in [1.165, 1.54) is 37.9 Å². The molecule has 5 aromatic carbocycles. The molecule has 0 fully saturated rings. The van der Waals surface area contributed by atoms with Crippen LogP contribution in [0, 0.1) is 32.9 Å². The topological polar surface area (TPSA) is 56.7 Å². The molecule has 0 N–H and O–H groups in total. The van der Waals surface area contributed by atoms with Crippen LogP contribution < -0.4 is 4.40 Å². The normalized spacial score (nSPS) is 11.7. The molecule has 1 radical (unpaired) electrons. The molecule has 0 unspecified atom stereocenters. The molecular formula is C53H52GeIrN4O-2. The zero-order chi connectivity index (χ0) is 41.6. The van der Waals surface area contributed by atoms with Gasteiger partial charge in [-0.1, -0.05) is 81.1 Å². The van der Waals surface area contributed by atoms with Crippen molar-refractivity contribution in [3.63, 3.8) is 0 Å². The molecule has 0 saturated carbocycles. The smallest absolute Gasteiger partial charge is 0.124 e. The van der Waals surface area contributed by atoms with E-state index >= 15 is 0 Å². The molecule has 9 rings (SSSR count). The van der Waals surface area contributed by atoms with Crippen molar-refractivity contribution in [1.29, 1.82) is 0 Å². The number of rotatable bonds is 7. The first-order valence-electron chi connectivity index (χ1n) is 20.7. The molecule has 0 aliphatic heterocycles. The van der Waals surface area contributed by atoms with Gasteiger partial charge >= 0.3 is 106 Å². The van der Waals surface area contributed by atoms with Crippen LogP contribution in [0.4, 0.5) is 0 Å². The number of para-hydroxylation sites is 2. The summed E-state index contributed by atoms with van der Waals surface area (Å²) >= 11 is -1.73. The number of imidazole rings is 1. The van der Waals surface area contributed by atoms with E-state index in [-0.39, 0.29) is 31.9 Å². The fourth-order valence-electron chi connectivity index (χ4n) is 7.96. The molecule has 305 valence electrons. The Kier molecular flexibility index (Phi) is 12.5. The summed E-state index contributed by atoms with van der Waals surface area (Å²) in [6, 6.07) is 47.2. The monoisotopic (exact) mass is 1030 g/mol. The van der Waals surface area contributed by atoms with Crippen molar-refractivity contribution in [3.8, 4) is 39.5 Å². The third-order valence-corrected chi connectivity index (χ3v) is 15.4. The molecule has 0 aliphatic carbocycles. The second kappa shape index (κ2) is 17.5. The van der Waals surface area contributed by atoms with Gasteiger partial charge in [-0.15, -0.1) is 18.2 Å². The van der Waals surface area contributed by atoms with Crippen molar-refractivity contribution < 1.29 is 24.5 Å². The number of furan rings is 1. The summed E-state index contributed by atoms with van der Waals surface area (Å²) in [5, 5.41) is 2.08. The molecule has 9 aromatic rings. The van der Waals surface area contributed by atoms with Gasteiger partial charge in [-0.05, 0) is 72.2 Å². The second-order valence-electron chi connectivity index (χ2n) is 17.3. The Labute approximate surface area is 371 Å². The van der Waals surface area contributed by atoms with Gasteiger partial charge < -0.3 is 8.98 Å². The molecule has 4 heterocycles. The van der Waals surface area contributed by atoms with E-state index in [0.29, 0.717) is 0 Å². The maximum Gasteiger partial charge on any atom is 0.124 e. The summed E-state index contributed by atoms with van der Waals surface area (Å²) in [6.07, 6.45) is 2.04. The van der Waals surface area contributed by atoms with Crippen LogP contribution in [0.1, 0.15) is 67.6 Å². The molecule has 0 saturated heterocycles. The minimum absolute atomic E-state index is 0. The van der Waals surface area contributed by atoms with Crippen molar-refractivity contribution in [2.45, 2.75) is 77.6 Å². The van der Waals surface area contributed by atoms with Crippen molar-refractivity contribution in [2.75, 3.05) is 0 Å². The van der Waals surface area contributed by atoms with Gasteiger partial charge in [0.1, 0.15) is 5.58 Å². The zero-order valence-electron chi connectivity index (χ0n) is 36.2. The van der Waals surface area contributed by atoms with Crippen LogP contribution in [0.3, 0.4) is 0 Å². The molecule has 0 spiro atoms. The Hall–Kier alpha value is -5.14. The van der Waals surface area contributed by atoms with Crippen LogP contribution in [0.25, 0.3) is 72.4 Å². The first kappa shape index (κ1) is 43.0. The number of aromatic nitrogens is 4. The van der Waals surface area contributed by atoms with Gasteiger partial charge in [0, 0.05) is 48.6 Å². The van der Waals surface area contributed by atoms with Crippen molar-refractivity contribution >= 4 is 50.6 Å². The van der Waals surface area contributed by atoms with E-state index in [9.17, 15) is 0 Å². The maximum atomic E-state index is 6.59. The minimum Gasteiger partial charge on any atom is -0.500 e. The van der Waals surface area contributed by atoms with Crippen LogP contribution in [0.2, 0.25) is 17.3 Å². The molecule has 0 aliphatic rings. The van der Waals surface area contributed by atoms with Gasteiger partial charge in [0.15, 0.2) is 0 Å². The summed E-state index contributed by atoms with van der Waals surface area (Å²) < 4.78 is 10.4. The Morgan fingerprint density at radius 1 is 0.717 bits per heavy atom. The van der Waals surface area contributed by atoms with E-state index in [4.69, 9.17) is 14.4 Å². The molecule has 0 bridgehead atoms. The first-order valence-corrected chi connectivity index (χ1v) is 28.0. The number of nitrogens with zero attached hydrogens (tertiary/aromatic N) is 4. The number of pyridine rings is 2. The van der Waals surface area contributed by atoms with Gasteiger partial charge in [0.05, 0.1) is 22.4 Å². The first-order chi connectivity index (χ1) is 28.3. The van der Waals surface area contributed by atoms with Crippen molar-refractivity contribution in [2.24, 2.45) is 0 Å². The summed E-state index contributed by atoms with van der Waals surface area (Å²) in [5.41, 5.74) is 16.0. The third kappa shape index (κ3) is 8.43. The number of hydrogen-bond acceptors (Lipinski definition) is 4. The van der Waals surface area contributed by atoms with E-state index in [0.717, 1.165) is 67.0 Å². The minimum atomic E-state index is -1.73. The average molecular weight is 1030 g/mol. The molecular weight excluding hydrogens is 973 g/mol. The Morgan fingerprint density at radius 3 is 2.05 bits per heavy atom. The molecule has 4 aromatic heterocycles. The Morgan fingerprint density at radius 2 is 1.42 bits per heavy atom. The van der Waals surface area contributed by atoms with E-state index < -0.39 is 13.3 Å². The van der Waals surface area contributed by atoms with Crippen LogP contribution in [0.5, 0.6) is 0 Å². The number of aryl methyl sites for hydroxylation is 3. The molecule has 60 heavy (non-hydrogen) atoms. The zero-order valence-corrected chi connectivity index (χ0v) is 40.7. The van der Waals surface area contributed by atoms with Gasteiger partial charge in [0.2, 0.25) is 0 Å². The molecule has 7 heteroatoms. The van der Waals surface area contributed by atoms with Crippen LogP contribution in [-0.2, 0) is 20.1 Å². The average Bonchev–Trinajstić information content (AvgIpc) is 3.79. The Bertz CT molecular complexity index is 2910. The number of benzene rings is 5. The van der Waals surface area contributed by atoms with Crippen LogP contribution in [-0.4, -0.2) is 32.8 Å². The quantitative estimate of drug-likeness (QED) is 0.118. The predicted molar refractivity (Wildman–Crippen MR) is 250 cm³/mol. The van der Waals surface area contributed by atoms with Gasteiger partial charge in [-0.2, -0.15) is 0 Å². The van der Waals surface area contributed by atoms with Crippen molar-refractivity contribution in [3.05, 3.63) is 162 Å². The van der Waals surface area contributed by atoms with Gasteiger partial charge in [-0.3, -0.25) is 9.97 Å². The van der Waals surface area contributed by atoms with Crippen molar-refractivity contribution in [1.82, 2.24) is 19.5 Å². The summed E-state index contributed by atoms with van der Waals surface area (Å²) in [6.45, 7) is 15.2. The number of hydrogen-bond donors (Lipinski definition) is 0. The fraction of sp³-hybridized carbons (Fsp3) is 0.226. The largest absolute Gasteiger partial charge is 0.500 e. The predicted octanol–water partition coefficient (Wildman–Crippen LogP) is 13.7. The fourth-order valence-corrected chi connectivity index (χ4v) is 10.1. The van der Waals surface area contributed by atoms with Gasteiger partial charge in [0.25, 0.3) is 0 Å². The SMILES string of the molecule is Cc1c[c-]c(-c2cc[c]([Ge]([CH3])([CH3])[CH3])cn2)cc1.Cc1cc2oc3c(-c4nc5ccccc5n4-c4c(C(C)C)cc(-c5ccccc5)cc4C(C)C)[c-]ccc3c2c(C)n1.[Ir]. The van der Waals surface area contributed by atoms with E-state index in [1.54, 1.807) is 0 Å². The van der Waals surface area contributed by atoms with Gasteiger partial charge in [-0.25, -0.2) is 0 Å². The molecule has 5 nitrogen and oxygen atoms in total. The Balaban J connectivity index is 0.000000255. The summed E-state index contributed by atoms with van der Waals surface area (Å²) in [5.74, 6) is 8.56. The third-order valence-electron chi connectivity index (χ3n) is 11.1. The van der Waals surface area contributed by atoms with Crippen LogP contribution >= 0.6 is 0 Å². The van der Waals surface area contributed by atoms with E-state index in [1.807, 2.05) is 38.2 Å².